The van der Waals surface area contributed by atoms with Gasteiger partial charge in [0.15, 0.2) is 0 Å². The number of carboxylic acids is 1. The first-order chi connectivity index (χ1) is 11.5. The first-order valence-electron chi connectivity index (χ1n) is 8.65. The third-order valence-corrected chi connectivity index (χ3v) is 5.34. The molecule has 0 spiro atoms. The number of hydrogen-bond donors (Lipinski definition) is 1. The number of likely N-dealkylation sites (tertiary alicyclic amines) is 1. The van der Waals surface area contributed by atoms with Gasteiger partial charge in [0, 0.05) is 12.5 Å². The van der Waals surface area contributed by atoms with Gasteiger partial charge in [-0.2, -0.15) is 0 Å². The van der Waals surface area contributed by atoms with Gasteiger partial charge in [-0.3, -0.25) is 9.59 Å². The lowest BCUT2D eigenvalue weighted by molar-refractivity contribution is -0.162. The molecule has 1 atom stereocenters. The lowest BCUT2D eigenvalue weighted by atomic mass is 9.62. The van der Waals surface area contributed by atoms with Crippen molar-refractivity contribution in [1.29, 1.82) is 0 Å². The summed E-state index contributed by atoms with van der Waals surface area (Å²) in [5.41, 5.74) is 0.406. The second-order valence-electron chi connectivity index (χ2n) is 7.30. The van der Waals surface area contributed by atoms with Crippen molar-refractivity contribution in [2.24, 2.45) is 11.3 Å². The average molecular weight is 331 g/mol. The first-order valence-corrected chi connectivity index (χ1v) is 8.65. The summed E-state index contributed by atoms with van der Waals surface area (Å²) in [6.45, 7) is 3.59. The second kappa shape index (κ2) is 6.93. The molecule has 1 saturated carbocycles. The van der Waals surface area contributed by atoms with Gasteiger partial charge in [-0.15, -0.1) is 0 Å². The highest BCUT2D eigenvalue weighted by atomic mass is 16.5. The summed E-state index contributed by atoms with van der Waals surface area (Å²) >= 11 is 0. The van der Waals surface area contributed by atoms with Gasteiger partial charge in [0.05, 0.1) is 24.7 Å². The van der Waals surface area contributed by atoms with E-state index >= 15 is 0 Å². The van der Waals surface area contributed by atoms with Crippen LogP contribution in [0.4, 0.5) is 0 Å². The van der Waals surface area contributed by atoms with Gasteiger partial charge in [0.2, 0.25) is 5.91 Å². The molecule has 0 radical (unpaired) electrons. The molecule has 5 heteroatoms. The van der Waals surface area contributed by atoms with Crippen molar-refractivity contribution in [2.45, 2.75) is 45.3 Å². The van der Waals surface area contributed by atoms with Crippen molar-refractivity contribution in [2.75, 3.05) is 13.2 Å². The molecule has 1 N–H and O–H groups in total. The lowest BCUT2D eigenvalue weighted by Gasteiger charge is -2.43. The van der Waals surface area contributed by atoms with E-state index in [0.29, 0.717) is 26.1 Å². The number of aliphatic carboxylic acids is 1. The number of benzene rings is 1. The largest absolute Gasteiger partial charge is 0.481 e. The molecular weight excluding hydrogens is 306 g/mol. The van der Waals surface area contributed by atoms with Crippen molar-refractivity contribution in [3.05, 3.63) is 35.9 Å². The molecule has 1 aromatic carbocycles. The molecule has 1 aromatic rings. The van der Waals surface area contributed by atoms with E-state index in [1.165, 1.54) is 0 Å². The fraction of sp³-hybridized carbons (Fsp3) is 0.579. The minimum atomic E-state index is -0.796. The molecule has 1 aliphatic heterocycles. The number of hydrogen-bond acceptors (Lipinski definition) is 3. The van der Waals surface area contributed by atoms with Crippen LogP contribution in [0.1, 0.15) is 38.2 Å². The zero-order valence-corrected chi connectivity index (χ0v) is 14.1. The van der Waals surface area contributed by atoms with E-state index in [2.05, 4.69) is 0 Å². The van der Waals surface area contributed by atoms with Crippen LogP contribution in [0.5, 0.6) is 0 Å². The predicted molar refractivity (Wildman–Crippen MR) is 89.3 cm³/mol. The zero-order chi connectivity index (χ0) is 17.2. The second-order valence-corrected chi connectivity index (χ2v) is 7.30. The summed E-state index contributed by atoms with van der Waals surface area (Å²) in [5, 5.41) is 9.19. The number of carboxylic acid groups (broad SMARTS) is 1. The van der Waals surface area contributed by atoms with Gasteiger partial charge in [-0.25, -0.2) is 0 Å². The molecule has 130 valence electrons. The van der Waals surface area contributed by atoms with Gasteiger partial charge in [0.1, 0.15) is 0 Å². The standard InChI is InChI=1S/C19H25NO4/c1-19(18(22)23)10-15(11-19)17(21)20-9-5-8-16(20)13-24-12-14-6-3-2-4-7-14/h2-4,6-7,15-16H,5,8-13H2,1H3,(H,22,23)/t15?,16-,19?/m1/s1. The van der Waals surface area contributed by atoms with Crippen LogP contribution in [0, 0.1) is 11.3 Å². The summed E-state index contributed by atoms with van der Waals surface area (Å²) in [6.07, 6.45) is 2.86. The molecule has 1 amide bonds. The SMILES string of the molecule is CC1(C(=O)O)CC(C(=O)N2CCC[C@@H]2COCc2ccccc2)C1. The van der Waals surface area contributed by atoms with Crippen LogP contribution < -0.4 is 0 Å². The Bertz CT molecular complexity index is 595. The average Bonchev–Trinajstić information content (AvgIpc) is 3.00. The number of carbonyl (C=O) groups excluding carboxylic acids is 1. The molecular formula is C19H25NO4. The normalized spacial score (nSPS) is 29.3. The van der Waals surface area contributed by atoms with Crippen LogP contribution in [0.2, 0.25) is 0 Å². The van der Waals surface area contributed by atoms with Crippen molar-refractivity contribution in [3.63, 3.8) is 0 Å². The van der Waals surface area contributed by atoms with Crippen molar-refractivity contribution in [3.8, 4) is 0 Å². The third-order valence-electron chi connectivity index (χ3n) is 5.34. The Labute approximate surface area is 142 Å². The minimum absolute atomic E-state index is 0.111. The molecule has 2 aliphatic rings. The molecule has 0 aromatic heterocycles. The van der Waals surface area contributed by atoms with Gasteiger partial charge in [0.25, 0.3) is 0 Å². The zero-order valence-electron chi connectivity index (χ0n) is 14.1. The minimum Gasteiger partial charge on any atom is -0.481 e. The quantitative estimate of drug-likeness (QED) is 0.870. The van der Waals surface area contributed by atoms with Gasteiger partial charge < -0.3 is 14.7 Å². The number of amides is 1. The number of rotatable bonds is 6. The van der Waals surface area contributed by atoms with Crippen LogP contribution in [-0.2, 0) is 20.9 Å². The van der Waals surface area contributed by atoms with Crippen LogP contribution in [0.15, 0.2) is 30.3 Å². The Morgan fingerprint density at radius 1 is 1.29 bits per heavy atom. The molecule has 2 fully saturated rings. The fourth-order valence-electron chi connectivity index (χ4n) is 3.80. The van der Waals surface area contributed by atoms with E-state index in [0.717, 1.165) is 24.9 Å². The van der Waals surface area contributed by atoms with Crippen LogP contribution in [-0.4, -0.2) is 41.1 Å². The highest BCUT2D eigenvalue weighted by molar-refractivity contribution is 5.85. The van der Waals surface area contributed by atoms with Crippen LogP contribution >= 0.6 is 0 Å². The van der Waals surface area contributed by atoms with E-state index in [1.54, 1.807) is 6.92 Å². The maximum atomic E-state index is 12.7. The molecule has 0 unspecified atom stereocenters. The summed E-state index contributed by atoms with van der Waals surface area (Å²) in [4.78, 5) is 25.8. The topological polar surface area (TPSA) is 66.8 Å². The molecule has 1 aliphatic carbocycles. The molecule has 1 heterocycles. The Balaban J connectivity index is 1.49. The maximum Gasteiger partial charge on any atom is 0.309 e. The number of ether oxygens (including phenoxy) is 1. The smallest absolute Gasteiger partial charge is 0.309 e. The monoisotopic (exact) mass is 331 g/mol. The first kappa shape index (κ1) is 17.0. The van der Waals surface area contributed by atoms with Crippen LogP contribution in [0.25, 0.3) is 0 Å². The van der Waals surface area contributed by atoms with Crippen molar-refractivity contribution < 1.29 is 19.4 Å². The Hall–Kier alpha value is -1.88. The van der Waals surface area contributed by atoms with E-state index in [-0.39, 0.29) is 17.9 Å². The lowest BCUT2D eigenvalue weighted by Crippen LogP contribution is -2.51. The summed E-state index contributed by atoms with van der Waals surface area (Å²) in [5.74, 6) is -0.823. The molecule has 3 rings (SSSR count). The molecule has 1 saturated heterocycles. The molecule has 24 heavy (non-hydrogen) atoms. The van der Waals surface area contributed by atoms with Gasteiger partial charge in [-0.05, 0) is 38.2 Å². The molecule has 5 nitrogen and oxygen atoms in total. The predicted octanol–water partition coefficient (Wildman–Crippen LogP) is 2.70. The van der Waals surface area contributed by atoms with E-state index in [1.807, 2.05) is 35.2 Å². The van der Waals surface area contributed by atoms with Crippen molar-refractivity contribution in [1.82, 2.24) is 4.90 Å². The fourth-order valence-corrected chi connectivity index (χ4v) is 3.80. The summed E-state index contributed by atoms with van der Waals surface area (Å²) in [7, 11) is 0. The van der Waals surface area contributed by atoms with Crippen LogP contribution in [0.3, 0.4) is 0 Å². The van der Waals surface area contributed by atoms with Gasteiger partial charge >= 0.3 is 5.97 Å². The highest BCUT2D eigenvalue weighted by Gasteiger charge is 2.51. The Morgan fingerprint density at radius 2 is 2.00 bits per heavy atom. The van der Waals surface area contributed by atoms with E-state index in [9.17, 15) is 14.7 Å². The number of nitrogens with zero attached hydrogens (tertiary/aromatic N) is 1. The number of carbonyl (C=O) groups is 2. The summed E-state index contributed by atoms with van der Waals surface area (Å²) < 4.78 is 5.81. The third kappa shape index (κ3) is 3.46. The highest BCUT2D eigenvalue weighted by Crippen LogP contribution is 2.46. The summed E-state index contributed by atoms with van der Waals surface area (Å²) in [6, 6.07) is 10.1. The Kier molecular flexibility index (Phi) is 4.90. The maximum absolute atomic E-state index is 12.7. The van der Waals surface area contributed by atoms with Gasteiger partial charge in [-0.1, -0.05) is 30.3 Å². The van der Waals surface area contributed by atoms with E-state index in [4.69, 9.17) is 4.74 Å². The van der Waals surface area contributed by atoms with E-state index < -0.39 is 11.4 Å². The Morgan fingerprint density at radius 3 is 2.67 bits per heavy atom. The molecule has 0 bridgehead atoms. The van der Waals surface area contributed by atoms with Crippen molar-refractivity contribution >= 4 is 11.9 Å².